The largest absolute Gasteiger partial charge is 0.490 e. The van der Waals surface area contributed by atoms with Gasteiger partial charge in [0.2, 0.25) is 5.13 Å². The molecule has 0 radical (unpaired) electrons. The highest BCUT2D eigenvalue weighted by Gasteiger charge is 2.38. The van der Waals surface area contributed by atoms with Crippen LogP contribution in [0.2, 0.25) is 0 Å². The molecule has 0 aliphatic carbocycles. The number of anilines is 1. The van der Waals surface area contributed by atoms with E-state index in [1.165, 1.54) is 27.1 Å². The minimum Gasteiger partial charge on any atom is -0.476 e. The van der Waals surface area contributed by atoms with Crippen LogP contribution in [0.15, 0.2) is 23.8 Å². The Morgan fingerprint density at radius 1 is 1.31 bits per heavy atom. The number of hydrogen-bond donors (Lipinski definition) is 3. The number of nitrogens with one attached hydrogen (secondary N) is 1. The average Bonchev–Trinajstić information content (AvgIpc) is 3.22. The molecule has 3 rings (SSSR count). The average molecular weight is 408 g/mol. The molecule has 3 heterocycles. The first-order valence-corrected chi connectivity index (χ1v) is 8.52. The molecule has 0 bridgehead atoms. The third-order valence-corrected chi connectivity index (χ3v) is 4.70. The second-order valence-electron chi connectivity index (χ2n) is 4.61. The lowest BCUT2D eigenvalue weighted by molar-refractivity contribution is -0.192. The molecule has 0 aliphatic rings. The van der Waals surface area contributed by atoms with Gasteiger partial charge in [-0.2, -0.15) is 13.2 Å². The normalized spacial score (nSPS) is 11.0. The van der Waals surface area contributed by atoms with Gasteiger partial charge in [-0.05, 0) is 17.9 Å². The first-order chi connectivity index (χ1) is 12.2. The second kappa shape index (κ2) is 8.14. The maximum atomic E-state index is 10.9. The molecule has 0 amide bonds. The summed E-state index contributed by atoms with van der Waals surface area (Å²) in [6, 6.07) is 4.12. The number of fused-ring (bicyclic) bond motifs is 1. The fourth-order valence-electron chi connectivity index (χ4n) is 1.67. The van der Waals surface area contributed by atoms with E-state index in [1.54, 1.807) is 11.3 Å². The number of nitrogens with zero attached hydrogens (tertiary/aromatic N) is 3. The van der Waals surface area contributed by atoms with Crippen molar-refractivity contribution in [2.24, 2.45) is 0 Å². The summed E-state index contributed by atoms with van der Waals surface area (Å²) in [6.07, 6.45) is -2.74. The summed E-state index contributed by atoms with van der Waals surface area (Å²) in [5, 5.41) is 26.3. The number of carboxylic acid groups (broad SMARTS) is 2. The molecule has 3 N–H and O–H groups in total. The molecule has 0 spiro atoms. The number of aliphatic carboxylic acids is 1. The molecule has 0 saturated carbocycles. The van der Waals surface area contributed by atoms with Crippen LogP contribution in [0.1, 0.15) is 15.4 Å². The topological polar surface area (TPSA) is 117 Å². The Hall–Kier alpha value is -2.67. The predicted octanol–water partition coefficient (Wildman–Crippen LogP) is 2.84. The number of rotatable bonds is 5. The number of carboxylic acids is 2. The molecule has 0 fully saturated rings. The first kappa shape index (κ1) is 19.7. The van der Waals surface area contributed by atoms with Crippen LogP contribution in [0.5, 0.6) is 0 Å². The van der Waals surface area contributed by atoms with E-state index in [0.29, 0.717) is 9.96 Å². The summed E-state index contributed by atoms with van der Waals surface area (Å²) in [5.41, 5.74) is 0.0452. The smallest absolute Gasteiger partial charge is 0.476 e. The fraction of sp³-hybridized carbons (Fsp3) is 0.231. The number of alkyl halides is 3. The lowest BCUT2D eigenvalue weighted by Gasteiger charge is -1.99. The van der Waals surface area contributed by atoms with Crippen molar-refractivity contribution in [2.45, 2.75) is 12.6 Å². The molecule has 13 heteroatoms. The SMILES string of the molecule is O=C(O)C(F)(F)F.O=C(O)c1ncn2nc(NCCc3cccs3)sc12. The predicted molar refractivity (Wildman–Crippen MR) is 88.0 cm³/mol. The molecule has 8 nitrogen and oxygen atoms in total. The maximum Gasteiger partial charge on any atom is 0.490 e. The van der Waals surface area contributed by atoms with Crippen LogP contribution in [-0.2, 0) is 11.2 Å². The van der Waals surface area contributed by atoms with Gasteiger partial charge in [-0.3, -0.25) is 0 Å². The third-order valence-electron chi connectivity index (χ3n) is 2.77. The van der Waals surface area contributed by atoms with E-state index in [1.807, 2.05) is 11.4 Å². The van der Waals surface area contributed by atoms with Gasteiger partial charge in [-0.25, -0.2) is 19.1 Å². The zero-order valence-corrected chi connectivity index (χ0v) is 14.4. The Labute approximate surface area is 151 Å². The van der Waals surface area contributed by atoms with Crippen molar-refractivity contribution < 1.29 is 33.0 Å². The minimum atomic E-state index is -5.08. The summed E-state index contributed by atoms with van der Waals surface area (Å²) < 4.78 is 33.2. The van der Waals surface area contributed by atoms with Crippen LogP contribution < -0.4 is 5.32 Å². The van der Waals surface area contributed by atoms with Crippen LogP contribution in [0.4, 0.5) is 18.3 Å². The van der Waals surface area contributed by atoms with Gasteiger partial charge in [0.05, 0.1) is 0 Å². The van der Waals surface area contributed by atoms with Crippen molar-refractivity contribution in [1.29, 1.82) is 0 Å². The highest BCUT2D eigenvalue weighted by atomic mass is 32.1. The van der Waals surface area contributed by atoms with Crippen LogP contribution >= 0.6 is 22.7 Å². The van der Waals surface area contributed by atoms with Crippen molar-refractivity contribution in [1.82, 2.24) is 14.6 Å². The summed E-state index contributed by atoms with van der Waals surface area (Å²) >= 11 is 3.02. The lowest BCUT2D eigenvalue weighted by Crippen LogP contribution is -2.21. The van der Waals surface area contributed by atoms with Crippen LogP contribution in [0, 0.1) is 0 Å². The van der Waals surface area contributed by atoms with Crippen molar-refractivity contribution in [3.05, 3.63) is 34.4 Å². The van der Waals surface area contributed by atoms with Crippen LogP contribution in [0.25, 0.3) is 4.83 Å². The number of halogens is 3. The maximum absolute atomic E-state index is 10.9. The number of carbonyl (C=O) groups is 2. The zero-order chi connectivity index (χ0) is 19.3. The van der Waals surface area contributed by atoms with E-state index < -0.39 is 18.1 Å². The lowest BCUT2D eigenvalue weighted by atomic mass is 10.3. The molecule has 140 valence electrons. The van der Waals surface area contributed by atoms with Gasteiger partial charge in [-0.1, -0.05) is 17.4 Å². The van der Waals surface area contributed by atoms with Crippen molar-refractivity contribution in [3.63, 3.8) is 0 Å². The number of thiophene rings is 1. The Kier molecular flexibility index (Phi) is 6.15. The number of aromatic carboxylic acids is 1. The van der Waals surface area contributed by atoms with Gasteiger partial charge in [0.25, 0.3) is 0 Å². The minimum absolute atomic E-state index is 0.0452. The fourth-order valence-corrected chi connectivity index (χ4v) is 3.28. The highest BCUT2D eigenvalue weighted by molar-refractivity contribution is 7.21. The van der Waals surface area contributed by atoms with Gasteiger partial charge >= 0.3 is 18.1 Å². The van der Waals surface area contributed by atoms with Crippen LogP contribution in [-0.4, -0.2) is 49.5 Å². The molecule has 0 aromatic carbocycles. The van der Waals surface area contributed by atoms with Crippen LogP contribution in [0.3, 0.4) is 0 Å². The standard InChI is InChI=1S/C11H10N4O2S2.C2HF3O2/c16-10(17)8-9-15(6-13-8)14-11(19-9)12-4-3-7-2-1-5-18-7;3-2(4,5)1(6)7/h1-2,5-6H,3-4H2,(H,12,14)(H,16,17);(H,6,7). The van der Waals surface area contributed by atoms with Gasteiger partial charge in [0, 0.05) is 11.4 Å². The zero-order valence-electron chi connectivity index (χ0n) is 12.7. The Balaban J connectivity index is 0.000000298. The Bertz CT molecular complexity index is 889. The summed E-state index contributed by atoms with van der Waals surface area (Å²) in [4.78, 5) is 25.5. The van der Waals surface area contributed by atoms with Crippen molar-refractivity contribution >= 4 is 44.6 Å². The van der Waals surface area contributed by atoms with E-state index >= 15 is 0 Å². The van der Waals surface area contributed by atoms with E-state index in [2.05, 4.69) is 21.5 Å². The van der Waals surface area contributed by atoms with Gasteiger partial charge in [0.1, 0.15) is 6.33 Å². The van der Waals surface area contributed by atoms with Gasteiger partial charge in [-0.15, -0.1) is 16.4 Å². The molecule has 0 atom stereocenters. The molecule has 3 aromatic heterocycles. The molecular weight excluding hydrogens is 397 g/mol. The quantitative estimate of drug-likeness (QED) is 0.594. The number of hydrogen-bond acceptors (Lipinski definition) is 7. The molecule has 3 aromatic rings. The Morgan fingerprint density at radius 3 is 2.54 bits per heavy atom. The third kappa shape index (κ3) is 5.16. The van der Waals surface area contributed by atoms with E-state index in [-0.39, 0.29) is 5.69 Å². The second-order valence-corrected chi connectivity index (χ2v) is 6.62. The number of aromatic nitrogens is 3. The molecule has 26 heavy (non-hydrogen) atoms. The van der Waals surface area contributed by atoms with Crippen molar-refractivity contribution in [3.8, 4) is 0 Å². The van der Waals surface area contributed by atoms with E-state index in [9.17, 15) is 18.0 Å². The molecular formula is C13H11F3N4O4S2. The van der Waals surface area contributed by atoms with Gasteiger partial charge < -0.3 is 15.5 Å². The van der Waals surface area contributed by atoms with Gasteiger partial charge in [0.15, 0.2) is 10.5 Å². The summed E-state index contributed by atoms with van der Waals surface area (Å²) in [6.45, 7) is 0.771. The summed E-state index contributed by atoms with van der Waals surface area (Å²) in [5.74, 6) is -3.79. The summed E-state index contributed by atoms with van der Waals surface area (Å²) in [7, 11) is 0. The molecule has 0 unspecified atom stereocenters. The Morgan fingerprint density at radius 2 is 2.00 bits per heavy atom. The van der Waals surface area contributed by atoms with E-state index in [0.717, 1.165) is 13.0 Å². The molecule has 0 saturated heterocycles. The highest BCUT2D eigenvalue weighted by Crippen LogP contribution is 2.22. The monoisotopic (exact) mass is 408 g/mol. The van der Waals surface area contributed by atoms with E-state index in [4.69, 9.17) is 15.0 Å². The first-order valence-electron chi connectivity index (χ1n) is 6.82. The molecule has 0 aliphatic heterocycles. The van der Waals surface area contributed by atoms with Crippen molar-refractivity contribution in [2.75, 3.05) is 11.9 Å². The number of imidazole rings is 1.